The van der Waals surface area contributed by atoms with Crippen LogP contribution in [0.5, 0.6) is 0 Å². The number of hydrogen-bond donors (Lipinski definition) is 0. The maximum absolute atomic E-state index is 13.1. The van der Waals surface area contributed by atoms with Crippen LogP contribution in [0.15, 0.2) is 42.7 Å². The second-order valence-corrected chi connectivity index (χ2v) is 7.86. The molecule has 0 bridgehead atoms. The van der Waals surface area contributed by atoms with Gasteiger partial charge in [-0.25, -0.2) is 9.97 Å². The van der Waals surface area contributed by atoms with Gasteiger partial charge in [-0.05, 0) is 37.0 Å². The van der Waals surface area contributed by atoms with E-state index in [1.54, 1.807) is 12.4 Å². The van der Waals surface area contributed by atoms with Crippen molar-refractivity contribution < 1.29 is 4.79 Å². The van der Waals surface area contributed by atoms with Crippen molar-refractivity contribution in [1.82, 2.24) is 19.8 Å². The second-order valence-electron chi connectivity index (χ2n) is 7.86. The summed E-state index contributed by atoms with van der Waals surface area (Å²) in [6.45, 7) is 8.32. The van der Waals surface area contributed by atoms with Gasteiger partial charge in [0.05, 0.1) is 5.92 Å². The Hall–Kier alpha value is -2.47. The smallest absolute Gasteiger partial charge is 0.227 e. The molecule has 2 aromatic rings. The number of rotatable bonds is 4. The van der Waals surface area contributed by atoms with E-state index in [1.807, 2.05) is 6.07 Å². The average molecular weight is 380 g/mol. The van der Waals surface area contributed by atoms with Gasteiger partial charge < -0.3 is 9.80 Å². The van der Waals surface area contributed by atoms with Crippen LogP contribution in [0, 0.1) is 12.8 Å². The topological polar surface area (TPSA) is 52.6 Å². The van der Waals surface area contributed by atoms with E-state index in [2.05, 4.69) is 55.9 Å². The molecule has 1 amide bonds. The fraction of sp³-hybridized carbons (Fsp3) is 0.500. The zero-order chi connectivity index (χ0) is 19.3. The molecule has 148 valence electrons. The Morgan fingerprint density at radius 1 is 1.04 bits per heavy atom. The molecular formula is C22H29N5O. The van der Waals surface area contributed by atoms with E-state index in [9.17, 15) is 4.79 Å². The van der Waals surface area contributed by atoms with Gasteiger partial charge in [0, 0.05) is 58.2 Å². The van der Waals surface area contributed by atoms with Crippen LogP contribution in [0.4, 0.5) is 5.95 Å². The van der Waals surface area contributed by atoms with Crippen molar-refractivity contribution in [2.45, 2.75) is 26.3 Å². The highest BCUT2D eigenvalue weighted by Gasteiger charge is 2.31. The van der Waals surface area contributed by atoms with Gasteiger partial charge in [0.15, 0.2) is 0 Å². The normalized spacial score (nSPS) is 21.0. The second kappa shape index (κ2) is 8.69. The van der Waals surface area contributed by atoms with Crippen LogP contribution in [0.1, 0.15) is 24.0 Å². The minimum atomic E-state index is 0.0560. The van der Waals surface area contributed by atoms with E-state index in [4.69, 9.17) is 0 Å². The lowest BCUT2D eigenvalue weighted by molar-refractivity contribution is -0.137. The number of amides is 1. The number of aryl methyl sites for hydroxylation is 1. The molecule has 2 aliphatic heterocycles. The number of carbonyl (C=O) groups excluding carboxylic acids is 1. The molecule has 1 unspecified atom stereocenters. The summed E-state index contributed by atoms with van der Waals surface area (Å²) in [5.74, 6) is 1.10. The molecule has 1 aromatic heterocycles. The van der Waals surface area contributed by atoms with E-state index < -0.39 is 0 Å². The van der Waals surface area contributed by atoms with E-state index in [0.29, 0.717) is 5.91 Å². The molecule has 1 atom stereocenters. The third-order valence-corrected chi connectivity index (χ3v) is 5.94. The zero-order valence-corrected chi connectivity index (χ0v) is 16.6. The number of benzene rings is 1. The first-order valence-electron chi connectivity index (χ1n) is 10.3. The molecule has 6 heteroatoms. The summed E-state index contributed by atoms with van der Waals surface area (Å²) in [4.78, 5) is 28.5. The summed E-state index contributed by atoms with van der Waals surface area (Å²) in [7, 11) is 0. The molecule has 28 heavy (non-hydrogen) atoms. The van der Waals surface area contributed by atoms with Gasteiger partial charge in [-0.1, -0.05) is 24.3 Å². The van der Waals surface area contributed by atoms with Gasteiger partial charge in [0.1, 0.15) is 0 Å². The standard InChI is InChI=1S/C22H29N5O/c1-18-6-2-3-7-19(18)16-25-12-14-26(15-13-25)21(28)20-8-4-11-27(17-20)22-23-9-5-10-24-22/h2-3,5-7,9-10,20H,4,8,11-17H2,1H3. The van der Waals surface area contributed by atoms with Crippen LogP contribution in [0.3, 0.4) is 0 Å². The fourth-order valence-electron chi connectivity index (χ4n) is 4.23. The largest absolute Gasteiger partial charge is 0.340 e. The SMILES string of the molecule is Cc1ccccc1CN1CCN(C(=O)C2CCCN(c3ncccn3)C2)CC1. The lowest BCUT2D eigenvalue weighted by Gasteiger charge is -2.39. The predicted octanol–water partition coefficient (Wildman–Crippen LogP) is 2.35. The van der Waals surface area contributed by atoms with Gasteiger partial charge in [0.25, 0.3) is 0 Å². The highest BCUT2D eigenvalue weighted by Crippen LogP contribution is 2.22. The Kier molecular flexibility index (Phi) is 5.86. The summed E-state index contributed by atoms with van der Waals surface area (Å²) in [5.41, 5.74) is 2.72. The maximum Gasteiger partial charge on any atom is 0.227 e. The minimum absolute atomic E-state index is 0.0560. The molecular weight excluding hydrogens is 350 g/mol. The summed E-state index contributed by atoms with van der Waals surface area (Å²) in [6, 6.07) is 10.4. The zero-order valence-electron chi connectivity index (χ0n) is 16.6. The first kappa shape index (κ1) is 18.9. The van der Waals surface area contributed by atoms with Crippen molar-refractivity contribution in [2.75, 3.05) is 44.2 Å². The first-order valence-corrected chi connectivity index (χ1v) is 10.3. The van der Waals surface area contributed by atoms with E-state index in [0.717, 1.165) is 64.6 Å². The highest BCUT2D eigenvalue weighted by molar-refractivity contribution is 5.79. The molecule has 0 radical (unpaired) electrons. The number of aromatic nitrogens is 2. The Morgan fingerprint density at radius 2 is 1.79 bits per heavy atom. The third kappa shape index (κ3) is 4.33. The maximum atomic E-state index is 13.1. The van der Waals surface area contributed by atoms with Crippen LogP contribution in [0.2, 0.25) is 0 Å². The summed E-state index contributed by atoms with van der Waals surface area (Å²) >= 11 is 0. The number of carbonyl (C=O) groups is 1. The predicted molar refractivity (Wildman–Crippen MR) is 110 cm³/mol. The van der Waals surface area contributed by atoms with Crippen molar-refractivity contribution >= 4 is 11.9 Å². The Balaban J connectivity index is 1.30. The van der Waals surface area contributed by atoms with E-state index >= 15 is 0 Å². The van der Waals surface area contributed by atoms with Gasteiger partial charge in [-0.3, -0.25) is 9.69 Å². The molecule has 3 heterocycles. The summed E-state index contributed by atoms with van der Waals surface area (Å²) in [5, 5.41) is 0. The van der Waals surface area contributed by atoms with Crippen LogP contribution in [-0.2, 0) is 11.3 Å². The third-order valence-electron chi connectivity index (χ3n) is 5.94. The van der Waals surface area contributed by atoms with Gasteiger partial charge in [-0.2, -0.15) is 0 Å². The van der Waals surface area contributed by atoms with Gasteiger partial charge >= 0.3 is 0 Å². The van der Waals surface area contributed by atoms with Gasteiger partial charge in [0.2, 0.25) is 11.9 Å². The molecule has 2 fully saturated rings. The quantitative estimate of drug-likeness (QED) is 0.816. The number of piperidine rings is 1. The van der Waals surface area contributed by atoms with Crippen LogP contribution < -0.4 is 4.90 Å². The number of piperazine rings is 1. The lowest BCUT2D eigenvalue weighted by atomic mass is 9.96. The molecule has 6 nitrogen and oxygen atoms in total. The van der Waals surface area contributed by atoms with Gasteiger partial charge in [-0.15, -0.1) is 0 Å². The minimum Gasteiger partial charge on any atom is -0.340 e. The van der Waals surface area contributed by atoms with Crippen molar-refractivity contribution in [3.05, 3.63) is 53.9 Å². The lowest BCUT2D eigenvalue weighted by Crippen LogP contribution is -2.52. The molecule has 0 aliphatic carbocycles. The highest BCUT2D eigenvalue weighted by atomic mass is 16.2. The summed E-state index contributed by atoms with van der Waals surface area (Å²) in [6.07, 6.45) is 5.51. The monoisotopic (exact) mass is 379 g/mol. The molecule has 0 saturated carbocycles. The molecule has 4 rings (SSSR count). The van der Waals surface area contributed by atoms with E-state index in [1.165, 1.54) is 11.1 Å². The Morgan fingerprint density at radius 3 is 2.54 bits per heavy atom. The van der Waals surface area contributed by atoms with E-state index in [-0.39, 0.29) is 5.92 Å². The van der Waals surface area contributed by atoms with Crippen molar-refractivity contribution in [3.8, 4) is 0 Å². The molecule has 0 N–H and O–H groups in total. The molecule has 2 saturated heterocycles. The molecule has 2 aliphatic rings. The van der Waals surface area contributed by atoms with Crippen molar-refractivity contribution in [3.63, 3.8) is 0 Å². The molecule has 0 spiro atoms. The van der Waals surface area contributed by atoms with Crippen LogP contribution in [-0.4, -0.2) is 64.9 Å². The molecule has 1 aromatic carbocycles. The number of nitrogens with zero attached hydrogens (tertiary/aromatic N) is 5. The number of anilines is 1. The average Bonchev–Trinajstić information content (AvgIpc) is 2.76. The van der Waals surface area contributed by atoms with Crippen molar-refractivity contribution in [1.29, 1.82) is 0 Å². The van der Waals surface area contributed by atoms with Crippen LogP contribution in [0.25, 0.3) is 0 Å². The fourth-order valence-corrected chi connectivity index (χ4v) is 4.23. The summed E-state index contributed by atoms with van der Waals surface area (Å²) < 4.78 is 0. The first-order chi connectivity index (χ1) is 13.7. The Bertz CT molecular complexity index is 789. The number of hydrogen-bond acceptors (Lipinski definition) is 5. The van der Waals surface area contributed by atoms with Crippen LogP contribution >= 0.6 is 0 Å². The van der Waals surface area contributed by atoms with Crippen molar-refractivity contribution in [2.24, 2.45) is 5.92 Å². The Labute approximate surface area is 167 Å².